The van der Waals surface area contributed by atoms with Crippen molar-refractivity contribution in [1.82, 2.24) is 4.98 Å². The van der Waals surface area contributed by atoms with Crippen molar-refractivity contribution in [3.63, 3.8) is 0 Å². The van der Waals surface area contributed by atoms with Crippen molar-refractivity contribution < 1.29 is 4.74 Å². The van der Waals surface area contributed by atoms with Crippen LogP contribution in [0, 0.1) is 0 Å². The van der Waals surface area contributed by atoms with Gasteiger partial charge in [-0.15, -0.1) is 0 Å². The van der Waals surface area contributed by atoms with Crippen LogP contribution in [0.2, 0.25) is 5.02 Å². The van der Waals surface area contributed by atoms with Gasteiger partial charge in [0.25, 0.3) is 0 Å². The lowest BCUT2D eigenvalue weighted by molar-refractivity contribution is 0.415. The highest BCUT2D eigenvalue weighted by atomic mass is 35.5. The van der Waals surface area contributed by atoms with E-state index in [2.05, 4.69) is 26.3 Å². The summed E-state index contributed by atoms with van der Waals surface area (Å²) in [6, 6.07) is 9.43. The molecule has 1 aliphatic heterocycles. The minimum atomic E-state index is 0.336. The predicted molar refractivity (Wildman–Crippen MR) is 107 cm³/mol. The van der Waals surface area contributed by atoms with Gasteiger partial charge < -0.3 is 20.7 Å². The molecule has 0 amide bonds. The normalized spacial score (nSPS) is 15.0. The average Bonchev–Trinajstić information content (AvgIpc) is 2.67. The molecule has 1 fully saturated rings. The Labute approximate surface area is 159 Å². The fourth-order valence-corrected chi connectivity index (χ4v) is 3.22. The summed E-state index contributed by atoms with van der Waals surface area (Å²) in [4.78, 5) is 11.2. The van der Waals surface area contributed by atoms with E-state index in [-0.39, 0.29) is 0 Å². The molecule has 1 aromatic carbocycles. The SMILES string of the molecule is COc1ccc(NC(N)=NCc2ccnc(N3CCCCC3)c2)cc1Cl. The van der Waals surface area contributed by atoms with Crippen LogP contribution in [0.15, 0.2) is 41.5 Å². The van der Waals surface area contributed by atoms with Crippen LogP contribution in [0.1, 0.15) is 24.8 Å². The number of piperidine rings is 1. The van der Waals surface area contributed by atoms with Gasteiger partial charge in [0.05, 0.1) is 18.7 Å². The van der Waals surface area contributed by atoms with Crippen LogP contribution in [0.25, 0.3) is 0 Å². The highest BCUT2D eigenvalue weighted by Gasteiger charge is 2.12. The minimum Gasteiger partial charge on any atom is -0.495 e. The Morgan fingerprint density at radius 1 is 1.27 bits per heavy atom. The molecule has 7 heteroatoms. The number of hydrogen-bond donors (Lipinski definition) is 2. The zero-order valence-electron chi connectivity index (χ0n) is 14.9. The molecule has 0 radical (unpaired) electrons. The van der Waals surface area contributed by atoms with Crippen LogP contribution < -0.4 is 20.7 Å². The van der Waals surface area contributed by atoms with Crippen molar-refractivity contribution in [2.75, 3.05) is 30.4 Å². The first-order valence-electron chi connectivity index (χ1n) is 8.76. The van der Waals surface area contributed by atoms with E-state index >= 15 is 0 Å². The Kier molecular flexibility index (Phi) is 6.17. The maximum atomic E-state index is 6.12. The van der Waals surface area contributed by atoms with Gasteiger partial charge in [-0.3, -0.25) is 0 Å². The molecule has 2 heterocycles. The molecule has 0 bridgehead atoms. The summed E-state index contributed by atoms with van der Waals surface area (Å²) in [5.74, 6) is 1.98. The van der Waals surface area contributed by atoms with Crippen molar-refractivity contribution >= 4 is 29.1 Å². The maximum Gasteiger partial charge on any atom is 0.193 e. The summed E-state index contributed by atoms with van der Waals surface area (Å²) < 4.78 is 5.14. The highest BCUT2D eigenvalue weighted by Crippen LogP contribution is 2.27. The number of methoxy groups -OCH3 is 1. The molecular formula is C19H24ClN5O. The lowest BCUT2D eigenvalue weighted by atomic mass is 10.1. The Bertz CT molecular complexity index is 774. The van der Waals surface area contributed by atoms with Crippen LogP contribution in [-0.4, -0.2) is 31.1 Å². The Balaban J connectivity index is 1.62. The van der Waals surface area contributed by atoms with E-state index in [1.54, 1.807) is 19.2 Å². The first kappa shape index (κ1) is 18.3. The van der Waals surface area contributed by atoms with E-state index in [1.165, 1.54) is 19.3 Å². The molecule has 138 valence electrons. The van der Waals surface area contributed by atoms with Gasteiger partial charge in [-0.2, -0.15) is 0 Å². The number of nitrogens with two attached hydrogens (primary N) is 1. The van der Waals surface area contributed by atoms with Crippen molar-refractivity contribution in [1.29, 1.82) is 0 Å². The molecule has 0 unspecified atom stereocenters. The molecule has 1 aliphatic rings. The number of rotatable bonds is 5. The van der Waals surface area contributed by atoms with E-state index < -0.39 is 0 Å². The Morgan fingerprint density at radius 2 is 2.08 bits per heavy atom. The topological polar surface area (TPSA) is 75.8 Å². The number of nitrogens with zero attached hydrogens (tertiary/aromatic N) is 3. The minimum absolute atomic E-state index is 0.336. The molecule has 0 aliphatic carbocycles. The lowest BCUT2D eigenvalue weighted by Crippen LogP contribution is -2.30. The quantitative estimate of drug-likeness (QED) is 0.617. The molecule has 1 aromatic heterocycles. The first-order chi connectivity index (χ1) is 12.7. The maximum absolute atomic E-state index is 6.12. The van der Waals surface area contributed by atoms with Gasteiger partial charge in [0, 0.05) is 25.0 Å². The van der Waals surface area contributed by atoms with Crippen molar-refractivity contribution in [3.8, 4) is 5.75 Å². The predicted octanol–water partition coefficient (Wildman–Crippen LogP) is 3.66. The Hall–Kier alpha value is -2.47. The number of pyridine rings is 1. The van der Waals surface area contributed by atoms with Crippen molar-refractivity contribution in [2.24, 2.45) is 10.7 Å². The number of ether oxygens (including phenoxy) is 1. The van der Waals surface area contributed by atoms with Crippen LogP contribution >= 0.6 is 11.6 Å². The summed E-state index contributed by atoms with van der Waals surface area (Å²) in [6.07, 6.45) is 5.59. The third-order valence-electron chi connectivity index (χ3n) is 4.35. The molecule has 1 saturated heterocycles. The lowest BCUT2D eigenvalue weighted by Gasteiger charge is -2.27. The molecule has 3 rings (SSSR count). The van der Waals surface area contributed by atoms with Crippen LogP contribution in [0.4, 0.5) is 11.5 Å². The summed E-state index contributed by atoms with van der Waals surface area (Å²) in [5, 5.41) is 3.56. The number of benzene rings is 1. The van der Waals surface area contributed by atoms with Gasteiger partial charge in [0.15, 0.2) is 5.96 Å². The van der Waals surface area contributed by atoms with Crippen molar-refractivity contribution in [2.45, 2.75) is 25.8 Å². The number of aliphatic imine (C=N–C) groups is 1. The zero-order chi connectivity index (χ0) is 18.4. The first-order valence-corrected chi connectivity index (χ1v) is 9.14. The second-order valence-corrected chi connectivity index (χ2v) is 6.65. The summed E-state index contributed by atoms with van der Waals surface area (Å²) in [6.45, 7) is 2.63. The van der Waals surface area contributed by atoms with Gasteiger partial charge in [0.2, 0.25) is 0 Å². The molecule has 0 spiro atoms. The van der Waals surface area contributed by atoms with Crippen molar-refractivity contribution in [3.05, 3.63) is 47.1 Å². The van der Waals surface area contributed by atoms with Gasteiger partial charge in [0.1, 0.15) is 11.6 Å². The van der Waals surface area contributed by atoms with Gasteiger partial charge in [-0.1, -0.05) is 11.6 Å². The van der Waals surface area contributed by atoms with Crippen LogP contribution in [0.5, 0.6) is 5.75 Å². The Morgan fingerprint density at radius 3 is 2.81 bits per heavy atom. The molecule has 0 atom stereocenters. The number of anilines is 2. The molecule has 2 aromatic rings. The molecule has 26 heavy (non-hydrogen) atoms. The third-order valence-corrected chi connectivity index (χ3v) is 4.64. The van der Waals surface area contributed by atoms with E-state index in [1.807, 2.05) is 18.3 Å². The average molecular weight is 374 g/mol. The summed E-state index contributed by atoms with van der Waals surface area (Å²) in [5.41, 5.74) is 7.84. The fraction of sp³-hybridized carbons (Fsp3) is 0.368. The molecule has 6 nitrogen and oxygen atoms in total. The number of nitrogens with one attached hydrogen (secondary N) is 1. The largest absolute Gasteiger partial charge is 0.495 e. The monoisotopic (exact) mass is 373 g/mol. The van der Waals surface area contributed by atoms with E-state index in [4.69, 9.17) is 22.1 Å². The standard InChI is InChI=1S/C19H24ClN5O/c1-26-17-6-5-15(12-16(17)20)24-19(21)23-13-14-7-8-22-18(11-14)25-9-3-2-4-10-25/h5-8,11-12H,2-4,9-10,13H2,1H3,(H3,21,23,24). The van der Waals surface area contributed by atoms with Crippen LogP contribution in [0.3, 0.4) is 0 Å². The molecular weight excluding hydrogens is 350 g/mol. The second kappa shape index (κ2) is 8.76. The molecule has 3 N–H and O–H groups in total. The van der Waals surface area contributed by atoms with E-state index in [0.717, 1.165) is 30.2 Å². The summed E-state index contributed by atoms with van der Waals surface area (Å²) >= 11 is 6.12. The van der Waals surface area contributed by atoms with Gasteiger partial charge >= 0.3 is 0 Å². The number of hydrogen-bond acceptors (Lipinski definition) is 4. The third kappa shape index (κ3) is 4.79. The number of halogens is 1. The smallest absolute Gasteiger partial charge is 0.193 e. The van der Waals surface area contributed by atoms with Crippen LogP contribution in [-0.2, 0) is 6.54 Å². The van der Waals surface area contributed by atoms with E-state index in [9.17, 15) is 0 Å². The highest BCUT2D eigenvalue weighted by molar-refractivity contribution is 6.32. The van der Waals surface area contributed by atoms with Gasteiger partial charge in [-0.25, -0.2) is 9.98 Å². The van der Waals surface area contributed by atoms with Gasteiger partial charge in [-0.05, 0) is 55.2 Å². The zero-order valence-corrected chi connectivity index (χ0v) is 15.7. The summed E-state index contributed by atoms with van der Waals surface area (Å²) in [7, 11) is 1.58. The molecule has 0 saturated carbocycles. The van der Waals surface area contributed by atoms with E-state index in [0.29, 0.717) is 23.3 Å². The number of aromatic nitrogens is 1. The second-order valence-electron chi connectivity index (χ2n) is 6.25. The fourth-order valence-electron chi connectivity index (χ4n) is 2.96. The number of guanidine groups is 1.